The van der Waals surface area contributed by atoms with E-state index in [0.717, 1.165) is 42.5 Å². The van der Waals surface area contributed by atoms with Crippen molar-refractivity contribution in [1.82, 2.24) is 19.3 Å². The summed E-state index contributed by atoms with van der Waals surface area (Å²) in [6.07, 6.45) is 7.61. The Kier molecular flexibility index (Phi) is 3.85. The molecule has 5 rings (SSSR count). The zero-order valence-corrected chi connectivity index (χ0v) is 15.0. The molecule has 0 bridgehead atoms. The number of benzene rings is 1. The van der Waals surface area contributed by atoms with Crippen LogP contribution in [0.5, 0.6) is 0 Å². The summed E-state index contributed by atoms with van der Waals surface area (Å²) in [6.45, 7) is 1.52. The van der Waals surface area contributed by atoms with E-state index in [1.807, 2.05) is 59.8 Å². The number of piperidine rings is 1. The molecule has 134 valence electrons. The molecule has 1 saturated heterocycles. The SMILES string of the molecule is O=C(c1cnc2ccccc2c1)N1CCC[C@H](c2cccc3nccn23)C1. The lowest BCUT2D eigenvalue weighted by Gasteiger charge is -2.33. The first-order chi connectivity index (χ1) is 13.3. The van der Waals surface area contributed by atoms with E-state index in [2.05, 4.69) is 20.4 Å². The first-order valence-corrected chi connectivity index (χ1v) is 9.36. The van der Waals surface area contributed by atoms with E-state index in [-0.39, 0.29) is 5.91 Å². The number of carbonyl (C=O) groups excluding carboxylic acids is 1. The van der Waals surface area contributed by atoms with E-state index in [9.17, 15) is 4.79 Å². The average molecular weight is 356 g/mol. The van der Waals surface area contributed by atoms with Gasteiger partial charge in [0.15, 0.2) is 0 Å². The van der Waals surface area contributed by atoms with Gasteiger partial charge >= 0.3 is 0 Å². The normalized spacial score (nSPS) is 17.5. The number of amides is 1. The van der Waals surface area contributed by atoms with Crippen molar-refractivity contribution in [2.45, 2.75) is 18.8 Å². The molecule has 1 aliphatic heterocycles. The van der Waals surface area contributed by atoms with Crippen LogP contribution < -0.4 is 0 Å². The van der Waals surface area contributed by atoms with Crippen molar-refractivity contribution in [3.05, 3.63) is 78.4 Å². The second-order valence-electron chi connectivity index (χ2n) is 7.11. The molecule has 0 spiro atoms. The van der Waals surface area contributed by atoms with Crippen molar-refractivity contribution < 1.29 is 4.79 Å². The molecule has 5 heteroatoms. The zero-order chi connectivity index (χ0) is 18.2. The number of fused-ring (bicyclic) bond motifs is 2. The second kappa shape index (κ2) is 6.50. The van der Waals surface area contributed by atoms with Crippen molar-refractivity contribution in [1.29, 1.82) is 0 Å². The van der Waals surface area contributed by atoms with E-state index in [1.54, 1.807) is 6.20 Å². The maximum Gasteiger partial charge on any atom is 0.255 e. The molecule has 5 nitrogen and oxygen atoms in total. The summed E-state index contributed by atoms with van der Waals surface area (Å²) < 4.78 is 2.14. The van der Waals surface area contributed by atoms with Crippen LogP contribution in [0.2, 0.25) is 0 Å². The molecule has 0 N–H and O–H groups in total. The molecule has 0 unspecified atom stereocenters. The fourth-order valence-electron chi connectivity index (χ4n) is 4.08. The van der Waals surface area contributed by atoms with Crippen molar-refractivity contribution in [2.24, 2.45) is 0 Å². The predicted octanol–water partition coefficient (Wildman–Crippen LogP) is 3.90. The Morgan fingerprint density at radius 3 is 2.96 bits per heavy atom. The fraction of sp³-hybridized carbons (Fsp3) is 0.227. The maximum absolute atomic E-state index is 13.1. The maximum atomic E-state index is 13.1. The monoisotopic (exact) mass is 356 g/mol. The van der Waals surface area contributed by atoms with Gasteiger partial charge in [-0.1, -0.05) is 24.3 Å². The molecule has 0 aliphatic carbocycles. The number of imidazole rings is 1. The standard InChI is InChI=1S/C22H20N4O/c27-22(18-13-16-5-1-2-7-19(16)24-14-18)25-11-4-6-17(15-25)20-8-3-9-21-23-10-12-26(20)21/h1-3,5,7-10,12-14,17H,4,6,11,15H2/t17-/m0/s1. The van der Waals surface area contributed by atoms with Crippen molar-refractivity contribution >= 4 is 22.5 Å². The van der Waals surface area contributed by atoms with Crippen LogP contribution in [0.15, 0.2) is 67.1 Å². The molecule has 4 heterocycles. The first kappa shape index (κ1) is 16.0. The van der Waals surface area contributed by atoms with Crippen LogP contribution in [0.3, 0.4) is 0 Å². The summed E-state index contributed by atoms with van der Waals surface area (Å²) in [4.78, 5) is 23.9. The van der Waals surface area contributed by atoms with Gasteiger partial charge in [-0.2, -0.15) is 0 Å². The average Bonchev–Trinajstić information content (AvgIpc) is 3.22. The lowest BCUT2D eigenvalue weighted by Crippen LogP contribution is -2.39. The van der Waals surface area contributed by atoms with E-state index >= 15 is 0 Å². The minimum atomic E-state index is 0.0655. The molecule has 27 heavy (non-hydrogen) atoms. The molecule has 1 fully saturated rings. The van der Waals surface area contributed by atoms with E-state index in [1.165, 1.54) is 5.69 Å². The molecule has 4 aromatic rings. The van der Waals surface area contributed by atoms with Gasteiger partial charge in [0, 0.05) is 48.7 Å². The van der Waals surface area contributed by atoms with Crippen LogP contribution in [0.25, 0.3) is 16.6 Å². The summed E-state index contributed by atoms with van der Waals surface area (Å²) in [5, 5.41) is 1.00. The van der Waals surface area contributed by atoms with Crippen molar-refractivity contribution in [3.63, 3.8) is 0 Å². The number of para-hydroxylation sites is 1. The summed E-state index contributed by atoms with van der Waals surface area (Å²) >= 11 is 0. The van der Waals surface area contributed by atoms with Gasteiger partial charge in [-0.15, -0.1) is 0 Å². The van der Waals surface area contributed by atoms with Gasteiger partial charge in [-0.05, 0) is 37.1 Å². The van der Waals surface area contributed by atoms with Gasteiger partial charge in [-0.25, -0.2) is 4.98 Å². The van der Waals surface area contributed by atoms with Gasteiger partial charge in [0.1, 0.15) is 5.65 Å². The smallest absolute Gasteiger partial charge is 0.255 e. The largest absolute Gasteiger partial charge is 0.338 e. The predicted molar refractivity (Wildman–Crippen MR) is 105 cm³/mol. The van der Waals surface area contributed by atoms with Crippen LogP contribution in [0, 0.1) is 0 Å². The number of pyridine rings is 2. The fourth-order valence-corrected chi connectivity index (χ4v) is 4.08. The summed E-state index contributed by atoms with van der Waals surface area (Å²) in [5.74, 6) is 0.379. The van der Waals surface area contributed by atoms with E-state index < -0.39 is 0 Å². The molecule has 0 saturated carbocycles. The lowest BCUT2D eigenvalue weighted by molar-refractivity contribution is 0.0705. The highest BCUT2D eigenvalue weighted by atomic mass is 16.2. The second-order valence-corrected chi connectivity index (χ2v) is 7.11. The number of hydrogen-bond donors (Lipinski definition) is 0. The molecule has 0 radical (unpaired) electrons. The van der Waals surface area contributed by atoms with Crippen LogP contribution in [0.1, 0.15) is 34.8 Å². The highest BCUT2D eigenvalue weighted by Crippen LogP contribution is 2.28. The number of rotatable bonds is 2. The minimum absolute atomic E-state index is 0.0655. The first-order valence-electron chi connectivity index (χ1n) is 9.36. The third kappa shape index (κ3) is 2.85. The Labute approximate surface area is 157 Å². The van der Waals surface area contributed by atoms with Crippen LogP contribution in [0.4, 0.5) is 0 Å². The molecule has 1 aliphatic rings. The zero-order valence-electron chi connectivity index (χ0n) is 15.0. The highest BCUT2D eigenvalue weighted by molar-refractivity contribution is 5.97. The van der Waals surface area contributed by atoms with Gasteiger partial charge in [-0.3, -0.25) is 9.78 Å². The molecular weight excluding hydrogens is 336 g/mol. The van der Waals surface area contributed by atoms with Gasteiger partial charge in [0.05, 0.1) is 11.1 Å². The summed E-state index contributed by atoms with van der Waals surface area (Å²) in [5.41, 5.74) is 3.75. The molecule has 1 aromatic carbocycles. The third-order valence-electron chi connectivity index (χ3n) is 5.42. The summed E-state index contributed by atoms with van der Waals surface area (Å²) in [7, 11) is 0. The Balaban J connectivity index is 1.43. The Bertz CT molecular complexity index is 1130. The number of nitrogens with zero attached hydrogens (tertiary/aromatic N) is 4. The van der Waals surface area contributed by atoms with Crippen molar-refractivity contribution in [2.75, 3.05) is 13.1 Å². The lowest BCUT2D eigenvalue weighted by atomic mass is 9.93. The van der Waals surface area contributed by atoms with E-state index in [4.69, 9.17) is 0 Å². The number of hydrogen-bond acceptors (Lipinski definition) is 3. The summed E-state index contributed by atoms with van der Waals surface area (Å²) in [6, 6.07) is 16.0. The minimum Gasteiger partial charge on any atom is -0.338 e. The van der Waals surface area contributed by atoms with Crippen LogP contribution in [-0.2, 0) is 0 Å². The topological polar surface area (TPSA) is 50.5 Å². The number of carbonyl (C=O) groups is 1. The van der Waals surface area contributed by atoms with Crippen molar-refractivity contribution in [3.8, 4) is 0 Å². The molecule has 3 aromatic heterocycles. The Morgan fingerprint density at radius 2 is 2.00 bits per heavy atom. The van der Waals surface area contributed by atoms with Gasteiger partial charge in [0.2, 0.25) is 0 Å². The van der Waals surface area contributed by atoms with Gasteiger partial charge < -0.3 is 9.30 Å². The number of aromatic nitrogens is 3. The molecular formula is C22H20N4O. The quantitative estimate of drug-likeness (QED) is 0.547. The Hall–Kier alpha value is -3.21. The Morgan fingerprint density at radius 1 is 1.07 bits per heavy atom. The highest BCUT2D eigenvalue weighted by Gasteiger charge is 2.27. The van der Waals surface area contributed by atoms with Crippen LogP contribution in [-0.4, -0.2) is 38.3 Å². The van der Waals surface area contributed by atoms with Gasteiger partial charge in [0.25, 0.3) is 5.91 Å². The molecule has 1 amide bonds. The third-order valence-corrected chi connectivity index (χ3v) is 5.42. The van der Waals surface area contributed by atoms with Crippen LogP contribution >= 0.6 is 0 Å². The number of likely N-dealkylation sites (tertiary alicyclic amines) is 1. The molecule has 1 atom stereocenters. The van der Waals surface area contributed by atoms with E-state index in [0.29, 0.717) is 11.5 Å².